The van der Waals surface area contributed by atoms with Crippen molar-refractivity contribution in [2.45, 2.75) is 6.92 Å². The van der Waals surface area contributed by atoms with Crippen molar-refractivity contribution < 1.29 is 14.1 Å². The van der Waals surface area contributed by atoms with Gasteiger partial charge in [-0.2, -0.15) is 0 Å². The molecule has 0 atom stereocenters. The number of amides is 1. The fraction of sp³-hybridized carbons (Fsp3) is 0.0909. The predicted octanol–water partition coefficient (Wildman–Crippen LogP) is 2.75. The minimum Gasteiger partial charge on any atom is -0.298 e. The van der Waals surface area contributed by atoms with Gasteiger partial charge in [0.05, 0.1) is 4.92 Å². The number of carbonyl (C=O) groups excluding carboxylic acids is 1. The number of hydrogen-bond donors (Lipinski definition) is 1. The molecule has 6 nitrogen and oxygen atoms in total. The number of aromatic nitrogens is 1. The molecule has 0 saturated carbocycles. The molecule has 1 heterocycles. The average molecular weight is 281 g/mol. The van der Waals surface area contributed by atoms with E-state index in [1.807, 2.05) is 0 Å². The Bertz CT molecular complexity index is 656. The number of thiazole rings is 1. The summed E-state index contributed by atoms with van der Waals surface area (Å²) in [5, 5.41) is 12.9. The number of nitrogens with one attached hydrogen (secondary N) is 1. The van der Waals surface area contributed by atoms with Crippen LogP contribution in [0.4, 0.5) is 14.5 Å². The molecule has 1 amide bonds. The van der Waals surface area contributed by atoms with Crippen LogP contribution in [-0.4, -0.2) is 15.8 Å². The highest BCUT2D eigenvalue weighted by Crippen LogP contribution is 2.25. The number of nitro groups is 1. The van der Waals surface area contributed by atoms with Gasteiger partial charge >= 0.3 is 5.00 Å². The first-order valence-electron chi connectivity index (χ1n) is 5.15. The normalized spacial score (nSPS) is 10.2. The lowest BCUT2D eigenvalue weighted by molar-refractivity contribution is -0.380. The van der Waals surface area contributed by atoms with E-state index in [4.69, 9.17) is 0 Å². The molecule has 0 bridgehead atoms. The van der Waals surface area contributed by atoms with Crippen LogP contribution in [0.5, 0.6) is 0 Å². The molecule has 0 saturated heterocycles. The number of rotatable bonds is 3. The maximum atomic E-state index is 13.1. The molecule has 0 aliphatic heterocycles. The molecule has 98 valence electrons. The first kappa shape index (κ1) is 13.1. The number of nitrogens with zero attached hydrogens (tertiary/aromatic N) is 2. The molecule has 0 unspecified atom stereocenters. The Morgan fingerprint density at radius 1 is 1.53 bits per heavy atom. The predicted molar refractivity (Wildman–Crippen MR) is 67.9 cm³/mol. The van der Waals surface area contributed by atoms with Crippen LogP contribution in [0.25, 0.3) is 0 Å². The van der Waals surface area contributed by atoms with Crippen LogP contribution < -0.4 is 5.32 Å². The van der Waals surface area contributed by atoms with Crippen molar-refractivity contribution in [1.82, 2.24) is 4.98 Å². The Morgan fingerprint density at radius 2 is 2.26 bits per heavy atom. The van der Waals surface area contributed by atoms with Crippen molar-refractivity contribution in [3.8, 4) is 0 Å². The molecule has 2 aromatic rings. The maximum Gasteiger partial charge on any atom is 0.345 e. The minimum atomic E-state index is -0.588. The summed E-state index contributed by atoms with van der Waals surface area (Å²) in [7, 11) is 0. The molecule has 19 heavy (non-hydrogen) atoms. The van der Waals surface area contributed by atoms with E-state index >= 15 is 0 Å². The summed E-state index contributed by atoms with van der Waals surface area (Å²) in [6.07, 6.45) is 1.07. The van der Waals surface area contributed by atoms with Crippen molar-refractivity contribution >= 4 is 27.4 Å². The Kier molecular flexibility index (Phi) is 3.52. The standard InChI is InChI=1S/C11H8FN3O3S/c1-6-4-7(2-3-8(6)12)10(16)14-11-13-5-9(19-11)15(17)18/h2-5H,1H3,(H,13,14,16). The molecule has 0 aliphatic rings. The summed E-state index contributed by atoms with van der Waals surface area (Å²) in [5.74, 6) is -0.895. The number of benzene rings is 1. The lowest BCUT2D eigenvalue weighted by Crippen LogP contribution is -2.11. The van der Waals surface area contributed by atoms with Crippen LogP contribution in [0, 0.1) is 22.9 Å². The number of hydrogen-bond acceptors (Lipinski definition) is 5. The highest BCUT2D eigenvalue weighted by Gasteiger charge is 2.14. The van der Waals surface area contributed by atoms with Crippen molar-refractivity contribution in [2.75, 3.05) is 5.32 Å². The summed E-state index contributed by atoms with van der Waals surface area (Å²) < 4.78 is 13.1. The maximum absolute atomic E-state index is 13.1. The van der Waals surface area contributed by atoms with Crippen LogP contribution in [-0.2, 0) is 0 Å². The number of halogens is 1. The van der Waals surface area contributed by atoms with E-state index in [1.165, 1.54) is 18.2 Å². The van der Waals surface area contributed by atoms with Gasteiger partial charge in [-0.05, 0) is 42.0 Å². The quantitative estimate of drug-likeness (QED) is 0.692. The van der Waals surface area contributed by atoms with E-state index in [9.17, 15) is 19.3 Å². The fourth-order valence-corrected chi connectivity index (χ4v) is 1.99. The number of aryl methyl sites for hydroxylation is 1. The molecular weight excluding hydrogens is 273 g/mol. The number of anilines is 1. The highest BCUT2D eigenvalue weighted by atomic mass is 32.1. The lowest BCUT2D eigenvalue weighted by Gasteiger charge is -2.03. The molecule has 1 aromatic heterocycles. The van der Waals surface area contributed by atoms with Gasteiger partial charge in [-0.15, -0.1) is 0 Å². The Hall–Kier alpha value is -2.35. The lowest BCUT2D eigenvalue weighted by atomic mass is 10.1. The fourth-order valence-electron chi connectivity index (χ4n) is 1.36. The molecule has 8 heteroatoms. The van der Waals surface area contributed by atoms with E-state index in [-0.39, 0.29) is 15.7 Å². The molecule has 2 rings (SSSR count). The minimum absolute atomic E-state index is 0.124. The third-order valence-electron chi connectivity index (χ3n) is 2.31. The van der Waals surface area contributed by atoms with Crippen molar-refractivity contribution in [3.63, 3.8) is 0 Å². The highest BCUT2D eigenvalue weighted by molar-refractivity contribution is 7.18. The van der Waals surface area contributed by atoms with E-state index < -0.39 is 16.6 Å². The third-order valence-corrected chi connectivity index (χ3v) is 3.18. The van der Waals surface area contributed by atoms with Crippen LogP contribution in [0.1, 0.15) is 15.9 Å². The monoisotopic (exact) mass is 281 g/mol. The zero-order chi connectivity index (χ0) is 14.0. The van der Waals surface area contributed by atoms with Gasteiger partial charge in [0, 0.05) is 5.56 Å². The van der Waals surface area contributed by atoms with E-state index in [2.05, 4.69) is 10.3 Å². The Labute approximate surface area is 111 Å². The zero-order valence-corrected chi connectivity index (χ0v) is 10.5. The van der Waals surface area contributed by atoms with Gasteiger partial charge in [-0.3, -0.25) is 20.2 Å². The smallest absolute Gasteiger partial charge is 0.298 e. The molecule has 0 aliphatic carbocycles. The summed E-state index contributed by atoms with van der Waals surface area (Å²) in [6, 6.07) is 3.92. The largest absolute Gasteiger partial charge is 0.345 e. The van der Waals surface area contributed by atoms with Crippen LogP contribution >= 0.6 is 11.3 Å². The molecule has 1 N–H and O–H groups in total. The average Bonchev–Trinajstić information content (AvgIpc) is 2.81. The van der Waals surface area contributed by atoms with Crippen LogP contribution in [0.3, 0.4) is 0 Å². The Morgan fingerprint density at radius 3 is 2.84 bits per heavy atom. The van der Waals surface area contributed by atoms with E-state index in [0.29, 0.717) is 5.56 Å². The number of carbonyl (C=O) groups is 1. The second-order valence-corrected chi connectivity index (χ2v) is 4.69. The first-order chi connectivity index (χ1) is 8.97. The first-order valence-corrected chi connectivity index (χ1v) is 5.97. The zero-order valence-electron chi connectivity index (χ0n) is 9.71. The summed E-state index contributed by atoms with van der Waals surface area (Å²) in [6.45, 7) is 1.54. The molecule has 0 fully saturated rings. The van der Waals surface area contributed by atoms with Gasteiger partial charge in [0.15, 0.2) is 5.13 Å². The van der Waals surface area contributed by atoms with Crippen molar-refractivity contribution in [1.29, 1.82) is 0 Å². The van der Waals surface area contributed by atoms with E-state index in [0.717, 1.165) is 17.5 Å². The van der Waals surface area contributed by atoms with Crippen molar-refractivity contribution in [2.24, 2.45) is 0 Å². The summed E-state index contributed by atoms with van der Waals surface area (Å²) in [4.78, 5) is 25.4. The molecule has 1 aromatic carbocycles. The summed E-state index contributed by atoms with van der Waals surface area (Å²) in [5.41, 5.74) is 0.606. The van der Waals surface area contributed by atoms with Gasteiger partial charge in [-0.25, -0.2) is 9.37 Å². The second-order valence-electron chi connectivity index (χ2n) is 3.68. The van der Waals surface area contributed by atoms with Gasteiger partial charge in [-0.1, -0.05) is 0 Å². The molecular formula is C11H8FN3O3S. The Balaban J connectivity index is 2.15. The SMILES string of the molecule is Cc1cc(C(=O)Nc2ncc([N+](=O)[O-])s2)ccc1F. The summed E-state index contributed by atoms with van der Waals surface area (Å²) >= 11 is 0.755. The molecule has 0 radical (unpaired) electrons. The van der Waals surface area contributed by atoms with Crippen LogP contribution in [0.15, 0.2) is 24.4 Å². The van der Waals surface area contributed by atoms with Gasteiger partial charge in [0.2, 0.25) is 0 Å². The topological polar surface area (TPSA) is 85.1 Å². The second kappa shape index (κ2) is 5.11. The molecule has 0 spiro atoms. The van der Waals surface area contributed by atoms with E-state index in [1.54, 1.807) is 6.92 Å². The van der Waals surface area contributed by atoms with Gasteiger partial charge in [0.1, 0.15) is 12.0 Å². The van der Waals surface area contributed by atoms with Crippen LogP contribution in [0.2, 0.25) is 0 Å². The third kappa shape index (κ3) is 2.91. The van der Waals surface area contributed by atoms with Crippen molar-refractivity contribution in [3.05, 3.63) is 51.5 Å². The van der Waals surface area contributed by atoms with Gasteiger partial charge in [0.25, 0.3) is 5.91 Å². The van der Waals surface area contributed by atoms with Gasteiger partial charge < -0.3 is 0 Å².